The van der Waals surface area contributed by atoms with Crippen LogP contribution >= 0.6 is 12.4 Å². The van der Waals surface area contributed by atoms with Crippen LogP contribution < -0.4 is 11.1 Å². The summed E-state index contributed by atoms with van der Waals surface area (Å²) in [4.78, 5) is 24.4. The summed E-state index contributed by atoms with van der Waals surface area (Å²) in [6.45, 7) is 1.92. The Kier molecular flexibility index (Phi) is 6.47. The summed E-state index contributed by atoms with van der Waals surface area (Å²) in [6, 6.07) is 5.48. The van der Waals surface area contributed by atoms with Gasteiger partial charge in [0.05, 0.1) is 12.7 Å². The molecule has 0 radical (unpaired) electrons. The first-order chi connectivity index (χ1) is 11.5. The smallest absolute Gasteiger partial charge is 0.337 e. The van der Waals surface area contributed by atoms with E-state index in [-0.39, 0.29) is 30.3 Å². The fraction of sp³-hybridized carbons (Fsp3) is 0.579. The molecule has 3 rings (SSSR count). The third-order valence-corrected chi connectivity index (χ3v) is 5.70. The molecule has 2 saturated carbocycles. The molecule has 2 unspecified atom stereocenters. The number of anilines is 1. The Morgan fingerprint density at radius 3 is 2.44 bits per heavy atom. The van der Waals surface area contributed by atoms with Crippen LogP contribution in [0.5, 0.6) is 0 Å². The lowest BCUT2D eigenvalue weighted by molar-refractivity contribution is -0.122. The first-order valence-corrected chi connectivity index (χ1v) is 8.75. The monoisotopic (exact) mass is 366 g/mol. The zero-order chi connectivity index (χ0) is 17.3. The summed E-state index contributed by atoms with van der Waals surface area (Å²) in [5, 5.41) is 3.02. The second-order valence-corrected chi connectivity index (χ2v) is 7.21. The van der Waals surface area contributed by atoms with Crippen molar-refractivity contribution in [3.8, 4) is 0 Å². The highest BCUT2D eigenvalue weighted by Crippen LogP contribution is 2.42. The number of methoxy groups -OCH3 is 1. The predicted octanol–water partition coefficient (Wildman–Crippen LogP) is 3.30. The van der Waals surface area contributed by atoms with Gasteiger partial charge in [-0.3, -0.25) is 4.79 Å². The van der Waals surface area contributed by atoms with Crippen LogP contribution in [0, 0.1) is 24.7 Å². The molecule has 0 aliphatic heterocycles. The quantitative estimate of drug-likeness (QED) is 0.804. The van der Waals surface area contributed by atoms with Crippen molar-refractivity contribution in [3.63, 3.8) is 0 Å². The molecular weight excluding hydrogens is 340 g/mol. The van der Waals surface area contributed by atoms with Crippen molar-refractivity contribution in [1.82, 2.24) is 0 Å². The number of aryl methyl sites for hydroxylation is 1. The molecule has 0 aromatic heterocycles. The highest BCUT2D eigenvalue weighted by Gasteiger charge is 2.40. The average molecular weight is 367 g/mol. The van der Waals surface area contributed by atoms with Crippen molar-refractivity contribution in [2.24, 2.45) is 23.5 Å². The van der Waals surface area contributed by atoms with Crippen molar-refractivity contribution in [1.29, 1.82) is 0 Å². The van der Waals surface area contributed by atoms with Crippen molar-refractivity contribution in [3.05, 3.63) is 29.3 Å². The molecule has 0 saturated heterocycles. The highest BCUT2D eigenvalue weighted by molar-refractivity contribution is 5.96. The number of rotatable bonds is 3. The van der Waals surface area contributed by atoms with Gasteiger partial charge in [-0.15, -0.1) is 12.4 Å². The number of hydrogen-bond donors (Lipinski definition) is 2. The van der Waals surface area contributed by atoms with E-state index in [0.717, 1.165) is 31.2 Å². The third-order valence-electron chi connectivity index (χ3n) is 5.70. The first-order valence-electron chi connectivity index (χ1n) is 8.75. The maximum atomic E-state index is 12.7. The van der Waals surface area contributed by atoms with Crippen LogP contribution in [0.15, 0.2) is 18.2 Å². The van der Waals surface area contributed by atoms with E-state index in [9.17, 15) is 9.59 Å². The minimum atomic E-state index is -0.399. The van der Waals surface area contributed by atoms with Crippen LogP contribution in [-0.4, -0.2) is 25.0 Å². The summed E-state index contributed by atoms with van der Waals surface area (Å²) < 4.78 is 4.75. The van der Waals surface area contributed by atoms with Crippen molar-refractivity contribution in [2.75, 3.05) is 12.4 Å². The topological polar surface area (TPSA) is 81.4 Å². The maximum Gasteiger partial charge on any atom is 0.337 e. The third kappa shape index (κ3) is 4.15. The molecule has 5 nitrogen and oxygen atoms in total. The molecule has 2 aliphatic carbocycles. The van der Waals surface area contributed by atoms with E-state index >= 15 is 0 Å². The first kappa shape index (κ1) is 19.7. The number of carbonyl (C=O) groups excluding carboxylic acids is 2. The molecule has 25 heavy (non-hydrogen) atoms. The van der Waals surface area contributed by atoms with Gasteiger partial charge in [0.15, 0.2) is 0 Å². The number of fused-ring (bicyclic) bond motifs is 2. The Morgan fingerprint density at radius 2 is 1.84 bits per heavy atom. The Balaban J connectivity index is 0.00000225. The van der Waals surface area contributed by atoms with Gasteiger partial charge in [-0.25, -0.2) is 4.79 Å². The fourth-order valence-corrected chi connectivity index (χ4v) is 4.24. The number of hydrogen-bond acceptors (Lipinski definition) is 4. The Hall–Kier alpha value is -1.59. The largest absolute Gasteiger partial charge is 0.465 e. The molecule has 6 heteroatoms. The molecule has 3 N–H and O–H groups in total. The van der Waals surface area contributed by atoms with E-state index in [1.54, 1.807) is 12.1 Å². The number of amides is 1. The minimum absolute atomic E-state index is 0. The standard InChI is InChI=1S/C19H26N2O3.ClH/c1-11-6-7-14(19(23)24-2)10-16(11)21-18(22)15-8-12-4-3-5-13(9-15)17(12)20;/h6-7,10,12-13,15,17H,3-5,8-9,20H2,1-2H3,(H,21,22);1H. The van der Waals surface area contributed by atoms with Crippen LogP contribution in [0.2, 0.25) is 0 Å². The molecule has 2 atom stereocenters. The minimum Gasteiger partial charge on any atom is -0.465 e. The van der Waals surface area contributed by atoms with E-state index in [4.69, 9.17) is 10.5 Å². The van der Waals surface area contributed by atoms with E-state index in [2.05, 4.69) is 5.32 Å². The molecule has 138 valence electrons. The number of esters is 1. The van der Waals surface area contributed by atoms with Crippen molar-refractivity contribution in [2.45, 2.75) is 45.1 Å². The molecule has 1 aromatic rings. The lowest BCUT2D eigenvalue weighted by atomic mass is 9.65. The van der Waals surface area contributed by atoms with Gasteiger partial charge in [0.25, 0.3) is 0 Å². The number of halogens is 1. The number of carbonyl (C=O) groups is 2. The van der Waals surface area contributed by atoms with Gasteiger partial charge in [0, 0.05) is 17.6 Å². The Labute approximate surface area is 155 Å². The van der Waals surface area contributed by atoms with Crippen LogP contribution in [0.25, 0.3) is 0 Å². The van der Waals surface area contributed by atoms with Crippen molar-refractivity contribution < 1.29 is 14.3 Å². The van der Waals surface area contributed by atoms with E-state index in [1.807, 2.05) is 13.0 Å². The van der Waals surface area contributed by atoms with Gasteiger partial charge in [-0.1, -0.05) is 12.5 Å². The maximum absolute atomic E-state index is 12.7. The predicted molar refractivity (Wildman–Crippen MR) is 99.9 cm³/mol. The molecule has 0 spiro atoms. The van der Waals surface area contributed by atoms with E-state index in [0.29, 0.717) is 23.1 Å². The highest BCUT2D eigenvalue weighted by atomic mass is 35.5. The molecule has 1 amide bonds. The summed E-state index contributed by atoms with van der Waals surface area (Å²) in [5.41, 5.74) is 8.37. The van der Waals surface area contributed by atoms with Gasteiger partial charge in [0.2, 0.25) is 5.91 Å². The molecule has 2 fully saturated rings. The second-order valence-electron chi connectivity index (χ2n) is 7.21. The zero-order valence-electron chi connectivity index (χ0n) is 14.8. The van der Waals surface area contributed by atoms with Crippen LogP contribution in [0.4, 0.5) is 5.69 Å². The molecule has 0 heterocycles. The number of nitrogens with two attached hydrogens (primary N) is 1. The van der Waals surface area contributed by atoms with Gasteiger partial charge in [-0.05, 0) is 62.1 Å². The van der Waals surface area contributed by atoms with Crippen LogP contribution in [0.1, 0.15) is 48.0 Å². The van der Waals surface area contributed by atoms with Gasteiger partial charge >= 0.3 is 5.97 Å². The summed E-state index contributed by atoms with van der Waals surface area (Å²) >= 11 is 0. The Bertz CT molecular complexity index is 636. The van der Waals surface area contributed by atoms with Crippen molar-refractivity contribution >= 4 is 30.0 Å². The SMILES string of the molecule is COC(=O)c1ccc(C)c(NC(=O)C2CC3CCCC(C2)C3N)c1.Cl. The molecule has 1 aromatic carbocycles. The number of benzene rings is 1. The fourth-order valence-electron chi connectivity index (χ4n) is 4.24. The molecule has 2 bridgehead atoms. The summed E-state index contributed by atoms with van der Waals surface area (Å²) in [5.74, 6) is 0.598. The normalized spacial score (nSPS) is 27.8. The summed E-state index contributed by atoms with van der Waals surface area (Å²) in [7, 11) is 1.35. The van der Waals surface area contributed by atoms with Crippen LogP contribution in [0.3, 0.4) is 0 Å². The number of ether oxygens (including phenoxy) is 1. The Morgan fingerprint density at radius 1 is 1.20 bits per heavy atom. The lowest BCUT2D eigenvalue weighted by Gasteiger charge is -2.43. The van der Waals surface area contributed by atoms with E-state index in [1.165, 1.54) is 13.5 Å². The number of nitrogens with one attached hydrogen (secondary N) is 1. The average Bonchev–Trinajstić information content (AvgIpc) is 2.55. The molecular formula is C19H27ClN2O3. The van der Waals surface area contributed by atoms with Gasteiger partial charge < -0.3 is 15.8 Å². The lowest BCUT2D eigenvalue weighted by Crippen LogP contribution is -2.48. The second kappa shape index (κ2) is 8.19. The van der Waals surface area contributed by atoms with E-state index < -0.39 is 5.97 Å². The van der Waals surface area contributed by atoms with Gasteiger partial charge in [-0.2, -0.15) is 0 Å². The zero-order valence-corrected chi connectivity index (χ0v) is 15.6. The van der Waals surface area contributed by atoms with Gasteiger partial charge in [0.1, 0.15) is 0 Å². The van der Waals surface area contributed by atoms with Crippen LogP contribution in [-0.2, 0) is 9.53 Å². The summed E-state index contributed by atoms with van der Waals surface area (Å²) in [6.07, 6.45) is 5.26. The molecule has 2 aliphatic rings.